The van der Waals surface area contributed by atoms with Gasteiger partial charge in [-0.3, -0.25) is 9.69 Å². The van der Waals surface area contributed by atoms with E-state index in [2.05, 4.69) is 39.5 Å². The largest absolute Gasteiger partial charge is 0.507 e. The van der Waals surface area contributed by atoms with Gasteiger partial charge in [0.15, 0.2) is 0 Å². The van der Waals surface area contributed by atoms with E-state index in [0.29, 0.717) is 17.9 Å². The predicted octanol–water partition coefficient (Wildman–Crippen LogP) is 9.93. The fourth-order valence-electron chi connectivity index (χ4n) is 4.81. The number of hydrogen-bond acceptors (Lipinski definition) is 4. The molecule has 5 heteroatoms. The van der Waals surface area contributed by atoms with E-state index >= 15 is 0 Å². The number of thiophene rings is 1. The lowest BCUT2D eigenvalue weighted by Crippen LogP contribution is -2.26. The van der Waals surface area contributed by atoms with Gasteiger partial charge in [-0.2, -0.15) is 0 Å². The second kappa shape index (κ2) is 18.0. The van der Waals surface area contributed by atoms with Crippen molar-refractivity contribution < 1.29 is 9.90 Å². The van der Waals surface area contributed by atoms with Gasteiger partial charge in [-0.25, -0.2) is 0 Å². The molecule has 1 aromatic carbocycles. The molecule has 0 aliphatic rings. The number of ketones is 1. The maximum Gasteiger partial charge on any atom is 0.202 e. The highest BCUT2D eigenvalue weighted by Gasteiger charge is 2.24. The Bertz CT molecular complexity index is 873. The van der Waals surface area contributed by atoms with Crippen LogP contribution in [0.3, 0.4) is 0 Å². The minimum absolute atomic E-state index is 0. The van der Waals surface area contributed by atoms with E-state index < -0.39 is 0 Å². The summed E-state index contributed by atoms with van der Waals surface area (Å²) in [6.07, 6.45) is 15.4. The molecule has 0 saturated carbocycles. The molecule has 3 nitrogen and oxygen atoms in total. The molecule has 1 heterocycles. The van der Waals surface area contributed by atoms with E-state index in [1.807, 2.05) is 29.6 Å². The fraction of sp³-hybridized carbons (Fsp3) is 0.656. The number of benzene rings is 1. The molecule has 1 aromatic heterocycles. The molecule has 0 spiro atoms. The van der Waals surface area contributed by atoms with Crippen molar-refractivity contribution in [3.63, 3.8) is 0 Å². The summed E-state index contributed by atoms with van der Waals surface area (Å²) in [5.74, 6) is 0.413. The van der Waals surface area contributed by atoms with Crippen LogP contribution in [0.25, 0.3) is 0 Å². The number of carbonyl (C=O) groups excluding carboxylic acids is 1. The Labute approximate surface area is 237 Å². The van der Waals surface area contributed by atoms with Crippen LogP contribution in [0.15, 0.2) is 29.6 Å². The van der Waals surface area contributed by atoms with Crippen molar-refractivity contribution >= 4 is 29.5 Å². The van der Waals surface area contributed by atoms with Crippen LogP contribution in [-0.4, -0.2) is 28.9 Å². The summed E-state index contributed by atoms with van der Waals surface area (Å²) >= 11 is 1.48. The minimum Gasteiger partial charge on any atom is -0.507 e. The van der Waals surface area contributed by atoms with E-state index in [-0.39, 0.29) is 23.6 Å². The van der Waals surface area contributed by atoms with Gasteiger partial charge in [-0.15, -0.1) is 23.7 Å². The number of hydrogen-bond donors (Lipinski definition) is 1. The molecule has 0 aliphatic carbocycles. The van der Waals surface area contributed by atoms with E-state index in [1.54, 1.807) is 0 Å². The first-order chi connectivity index (χ1) is 17.3. The number of phenolic OH excluding ortho intramolecular Hbond substituents is 1. The number of unbranched alkanes of at least 4 members (excludes halogenated alkanes) is 10. The Balaban J connectivity index is 0.00000684. The molecule has 0 saturated heterocycles. The van der Waals surface area contributed by atoms with Crippen LogP contribution in [0.1, 0.15) is 138 Å². The van der Waals surface area contributed by atoms with E-state index in [9.17, 15) is 9.90 Å². The highest BCUT2D eigenvalue weighted by atomic mass is 35.5. The summed E-state index contributed by atoms with van der Waals surface area (Å²) in [5, 5.41) is 13.3. The molecule has 0 bridgehead atoms. The molecule has 37 heavy (non-hydrogen) atoms. The molecule has 0 unspecified atom stereocenters. The Morgan fingerprint density at radius 3 is 1.89 bits per heavy atom. The SMILES string of the molecule is CCCCCCCCN(CCCCCCCC)Cc1cc(C(=O)c2cccs2)cc(C(C)(C)C)c1O.Cl. The monoisotopic (exact) mass is 549 g/mol. The van der Waals surface area contributed by atoms with Gasteiger partial charge in [-0.05, 0) is 54.9 Å². The van der Waals surface area contributed by atoms with Crippen molar-refractivity contribution in [1.29, 1.82) is 0 Å². The average molecular weight is 550 g/mol. The lowest BCUT2D eigenvalue weighted by atomic mass is 9.83. The quantitative estimate of drug-likeness (QED) is 0.148. The lowest BCUT2D eigenvalue weighted by molar-refractivity contribution is 0.104. The third kappa shape index (κ3) is 11.9. The standard InChI is InChI=1S/C32H51NO2S.ClH/c1-6-8-10-12-14-16-20-33(21-17-15-13-11-9-7-2)25-27-23-26(31(35)29-19-18-22-36-29)24-28(30(27)34)32(3,4)5;/h18-19,22-24,34H,6-17,20-21,25H2,1-5H3;1H. The number of aromatic hydroxyl groups is 1. The normalized spacial score (nSPS) is 11.6. The first kappa shape index (κ1) is 33.7. The molecule has 0 radical (unpaired) electrons. The highest BCUT2D eigenvalue weighted by Crippen LogP contribution is 2.36. The first-order valence-electron chi connectivity index (χ1n) is 14.4. The molecule has 210 valence electrons. The van der Waals surface area contributed by atoms with Crippen molar-refractivity contribution in [1.82, 2.24) is 4.90 Å². The zero-order valence-electron chi connectivity index (χ0n) is 24.1. The third-order valence-electron chi connectivity index (χ3n) is 7.05. The minimum atomic E-state index is -0.242. The van der Waals surface area contributed by atoms with Gasteiger partial charge in [0.1, 0.15) is 5.75 Å². The fourth-order valence-corrected chi connectivity index (χ4v) is 5.50. The van der Waals surface area contributed by atoms with Crippen LogP contribution in [0, 0.1) is 0 Å². The van der Waals surface area contributed by atoms with Gasteiger partial charge in [0.25, 0.3) is 0 Å². The van der Waals surface area contributed by atoms with Gasteiger partial charge in [0.05, 0.1) is 4.88 Å². The Kier molecular flexibility index (Phi) is 16.4. The molecular formula is C32H52ClNO2S. The van der Waals surface area contributed by atoms with Gasteiger partial charge in [-0.1, -0.05) is 105 Å². The van der Waals surface area contributed by atoms with Gasteiger partial charge >= 0.3 is 0 Å². The number of rotatable bonds is 18. The third-order valence-corrected chi connectivity index (χ3v) is 7.92. The second-order valence-electron chi connectivity index (χ2n) is 11.4. The summed E-state index contributed by atoms with van der Waals surface area (Å²) in [6, 6.07) is 7.67. The topological polar surface area (TPSA) is 40.5 Å². The van der Waals surface area contributed by atoms with Crippen molar-refractivity contribution in [2.45, 2.75) is 124 Å². The zero-order valence-corrected chi connectivity index (χ0v) is 25.7. The maximum atomic E-state index is 13.2. The van der Waals surface area contributed by atoms with Gasteiger partial charge < -0.3 is 5.11 Å². The van der Waals surface area contributed by atoms with Crippen LogP contribution in [0.5, 0.6) is 5.75 Å². The Hall–Kier alpha value is -1.36. The molecule has 0 atom stereocenters. The summed E-state index contributed by atoms with van der Waals surface area (Å²) in [6.45, 7) is 13.6. The maximum absolute atomic E-state index is 13.2. The van der Waals surface area contributed by atoms with E-state index in [1.165, 1.54) is 88.4 Å². The summed E-state index contributed by atoms with van der Waals surface area (Å²) in [4.78, 5) is 16.5. The summed E-state index contributed by atoms with van der Waals surface area (Å²) < 4.78 is 0. The van der Waals surface area contributed by atoms with Gasteiger partial charge in [0.2, 0.25) is 5.78 Å². The summed E-state index contributed by atoms with van der Waals surface area (Å²) in [7, 11) is 0. The van der Waals surface area contributed by atoms with Crippen LogP contribution in [-0.2, 0) is 12.0 Å². The number of carbonyl (C=O) groups is 1. The molecule has 0 aliphatic heterocycles. The Morgan fingerprint density at radius 2 is 1.41 bits per heavy atom. The second-order valence-corrected chi connectivity index (χ2v) is 12.3. The number of halogens is 1. The number of nitrogens with zero attached hydrogens (tertiary/aromatic N) is 1. The molecule has 2 rings (SSSR count). The van der Waals surface area contributed by atoms with E-state index in [4.69, 9.17) is 0 Å². The Morgan fingerprint density at radius 1 is 0.865 bits per heavy atom. The van der Waals surface area contributed by atoms with Crippen LogP contribution < -0.4 is 0 Å². The van der Waals surface area contributed by atoms with Gasteiger partial charge in [0, 0.05) is 23.2 Å². The van der Waals surface area contributed by atoms with Crippen molar-refractivity contribution in [2.75, 3.05) is 13.1 Å². The lowest BCUT2D eigenvalue weighted by Gasteiger charge is -2.27. The average Bonchev–Trinajstić information content (AvgIpc) is 3.38. The highest BCUT2D eigenvalue weighted by molar-refractivity contribution is 7.12. The zero-order chi connectivity index (χ0) is 26.4. The van der Waals surface area contributed by atoms with Crippen LogP contribution in [0.4, 0.5) is 0 Å². The molecule has 2 aromatic rings. The van der Waals surface area contributed by atoms with Crippen LogP contribution >= 0.6 is 23.7 Å². The van der Waals surface area contributed by atoms with E-state index in [0.717, 1.165) is 29.1 Å². The summed E-state index contributed by atoms with van der Waals surface area (Å²) in [5.41, 5.74) is 2.20. The smallest absolute Gasteiger partial charge is 0.202 e. The molecule has 1 N–H and O–H groups in total. The molecule has 0 fully saturated rings. The first-order valence-corrected chi connectivity index (χ1v) is 15.3. The predicted molar refractivity (Wildman–Crippen MR) is 164 cm³/mol. The van der Waals surface area contributed by atoms with Crippen molar-refractivity contribution in [2.24, 2.45) is 0 Å². The number of phenols is 1. The molecule has 0 amide bonds. The van der Waals surface area contributed by atoms with Crippen molar-refractivity contribution in [3.8, 4) is 5.75 Å². The van der Waals surface area contributed by atoms with Crippen LogP contribution in [0.2, 0.25) is 0 Å². The molecular weight excluding hydrogens is 498 g/mol. The van der Waals surface area contributed by atoms with Crippen molar-refractivity contribution in [3.05, 3.63) is 51.2 Å².